The van der Waals surface area contributed by atoms with Gasteiger partial charge in [-0.15, -0.1) is 5.10 Å². The molecule has 8 nitrogen and oxygen atoms in total. The Morgan fingerprint density at radius 2 is 2.00 bits per heavy atom. The van der Waals surface area contributed by atoms with Crippen LogP contribution in [-0.2, 0) is 6.18 Å². The molecule has 2 aliphatic rings. The maximum absolute atomic E-state index is 14.6. The first-order valence-corrected chi connectivity index (χ1v) is 11.6. The lowest BCUT2D eigenvalue weighted by Gasteiger charge is -2.42. The van der Waals surface area contributed by atoms with E-state index in [0.717, 1.165) is 36.4 Å². The van der Waals surface area contributed by atoms with E-state index in [-0.39, 0.29) is 36.0 Å². The monoisotopic (exact) mass is 493 g/mol. The van der Waals surface area contributed by atoms with Crippen molar-refractivity contribution in [3.05, 3.63) is 47.0 Å². The summed E-state index contributed by atoms with van der Waals surface area (Å²) < 4.78 is 61.2. The summed E-state index contributed by atoms with van der Waals surface area (Å²) in [5.74, 6) is -1.32. The predicted octanol–water partition coefficient (Wildman–Crippen LogP) is 4.76. The molecule has 35 heavy (non-hydrogen) atoms. The molecular formula is C23H27F4N7O. The second-order valence-corrected chi connectivity index (χ2v) is 9.60. The van der Waals surface area contributed by atoms with Crippen LogP contribution in [0.1, 0.15) is 55.7 Å². The van der Waals surface area contributed by atoms with E-state index in [4.69, 9.17) is 10.5 Å². The van der Waals surface area contributed by atoms with Crippen LogP contribution in [0.3, 0.4) is 0 Å². The van der Waals surface area contributed by atoms with E-state index in [0.29, 0.717) is 18.6 Å². The highest BCUT2D eigenvalue weighted by molar-refractivity contribution is 5.41. The van der Waals surface area contributed by atoms with Crippen molar-refractivity contribution >= 4 is 5.95 Å². The van der Waals surface area contributed by atoms with Crippen LogP contribution >= 0.6 is 0 Å². The second kappa shape index (κ2) is 8.51. The number of aromatic nitrogens is 5. The zero-order valence-electron chi connectivity index (χ0n) is 19.6. The van der Waals surface area contributed by atoms with Gasteiger partial charge in [0, 0.05) is 24.2 Å². The van der Waals surface area contributed by atoms with Crippen LogP contribution in [0, 0.1) is 24.6 Å². The van der Waals surface area contributed by atoms with Crippen molar-refractivity contribution in [2.24, 2.45) is 17.6 Å². The Hall–Kier alpha value is -3.15. The van der Waals surface area contributed by atoms with Gasteiger partial charge < -0.3 is 15.4 Å². The lowest BCUT2D eigenvalue weighted by molar-refractivity contribution is -0.140. The quantitative estimate of drug-likeness (QED) is 0.498. The molecule has 3 aromatic rings. The molecule has 1 aliphatic heterocycles. The number of aromatic amines is 1. The molecule has 4 unspecified atom stereocenters. The largest absolute Gasteiger partial charge is 0.421 e. The van der Waals surface area contributed by atoms with E-state index in [1.54, 1.807) is 0 Å². The molecule has 1 aliphatic carbocycles. The molecule has 4 atom stereocenters. The van der Waals surface area contributed by atoms with E-state index in [9.17, 15) is 17.6 Å². The van der Waals surface area contributed by atoms with Crippen LogP contribution in [-0.4, -0.2) is 37.5 Å². The van der Waals surface area contributed by atoms with Gasteiger partial charge in [0.15, 0.2) is 11.6 Å². The minimum Gasteiger partial charge on any atom is -0.421 e. The van der Waals surface area contributed by atoms with Gasteiger partial charge in [0.2, 0.25) is 5.95 Å². The van der Waals surface area contributed by atoms with Gasteiger partial charge in [-0.2, -0.15) is 23.3 Å². The normalized spacial score (nSPS) is 24.4. The fraction of sp³-hybridized carbons (Fsp3) is 0.522. The zero-order chi connectivity index (χ0) is 25.1. The summed E-state index contributed by atoms with van der Waals surface area (Å²) in [4.78, 5) is 6.55. The van der Waals surface area contributed by atoms with E-state index >= 15 is 0 Å². The summed E-state index contributed by atoms with van der Waals surface area (Å²) in [6, 6.07) is 4.39. The molecule has 188 valence electrons. The summed E-state index contributed by atoms with van der Waals surface area (Å²) in [6.07, 6.45) is -2.92. The molecule has 3 heterocycles. The highest BCUT2D eigenvalue weighted by Gasteiger charge is 2.49. The maximum atomic E-state index is 14.6. The Kier molecular flexibility index (Phi) is 5.73. The Morgan fingerprint density at radius 1 is 1.23 bits per heavy atom. The van der Waals surface area contributed by atoms with Gasteiger partial charge >= 0.3 is 12.2 Å². The third kappa shape index (κ3) is 4.13. The van der Waals surface area contributed by atoms with Gasteiger partial charge in [-0.3, -0.25) is 5.10 Å². The van der Waals surface area contributed by atoms with E-state index in [2.05, 4.69) is 20.3 Å². The van der Waals surface area contributed by atoms with Crippen LogP contribution in [0.15, 0.2) is 24.3 Å². The van der Waals surface area contributed by atoms with Crippen molar-refractivity contribution in [3.63, 3.8) is 0 Å². The number of anilines is 1. The van der Waals surface area contributed by atoms with Gasteiger partial charge in [0.1, 0.15) is 0 Å². The van der Waals surface area contributed by atoms with Crippen molar-refractivity contribution in [3.8, 4) is 11.8 Å². The standard InChI is InChI=1S/C23H27F4N7O/c1-11(2)34-22(35-17-6-4-5-15(18(17)24)23(25,26)27)29-21(32-34)33-10-13-7-8-14(19(13)28)20(33)16-9-12(3)30-31-16/h4-6,9,11,13-14,19-20H,7-8,10,28H2,1-3H3,(H,30,31). The number of ether oxygens (including phenoxy) is 1. The average Bonchev–Trinajstić information content (AvgIpc) is 3.45. The summed E-state index contributed by atoms with van der Waals surface area (Å²) >= 11 is 0. The fourth-order valence-corrected chi connectivity index (χ4v) is 5.23. The predicted molar refractivity (Wildman–Crippen MR) is 119 cm³/mol. The number of halogens is 4. The molecule has 2 bridgehead atoms. The zero-order valence-corrected chi connectivity index (χ0v) is 19.6. The smallest absolute Gasteiger partial charge is 0.419 e. The fourth-order valence-electron chi connectivity index (χ4n) is 5.23. The van der Waals surface area contributed by atoms with Crippen LogP contribution < -0.4 is 15.4 Å². The SMILES string of the molecule is Cc1cc(C2C3CCC(CN2c2nc(Oc4cccc(C(F)(F)F)c4F)n(C(C)C)n2)C3N)n[nH]1. The third-order valence-corrected chi connectivity index (χ3v) is 6.92. The molecule has 3 N–H and O–H groups in total. The first-order chi connectivity index (χ1) is 16.5. The summed E-state index contributed by atoms with van der Waals surface area (Å²) in [6.45, 7) is 6.19. The van der Waals surface area contributed by atoms with Gasteiger partial charge in [0.05, 0.1) is 23.3 Å². The lowest BCUT2D eigenvalue weighted by atomic mass is 9.84. The number of rotatable bonds is 5. The number of aryl methyl sites for hydroxylation is 1. The van der Waals surface area contributed by atoms with Gasteiger partial charge in [-0.25, -0.2) is 9.07 Å². The number of piperidine rings is 1. The molecule has 0 amide bonds. The molecule has 2 fully saturated rings. The first kappa shape index (κ1) is 23.6. The molecule has 0 spiro atoms. The minimum atomic E-state index is -4.85. The van der Waals surface area contributed by atoms with Crippen molar-refractivity contribution in [1.29, 1.82) is 0 Å². The molecule has 0 radical (unpaired) electrons. The van der Waals surface area contributed by atoms with Crippen LogP contribution in [0.5, 0.6) is 11.8 Å². The number of hydrogen-bond acceptors (Lipinski definition) is 6. The Bertz CT molecular complexity index is 1220. The van der Waals surface area contributed by atoms with Crippen LogP contribution in [0.2, 0.25) is 0 Å². The summed E-state index contributed by atoms with van der Waals surface area (Å²) in [5.41, 5.74) is 6.88. The summed E-state index contributed by atoms with van der Waals surface area (Å²) in [7, 11) is 0. The lowest BCUT2D eigenvalue weighted by Crippen LogP contribution is -2.51. The molecule has 1 saturated carbocycles. The van der Waals surface area contributed by atoms with E-state index < -0.39 is 23.3 Å². The molecule has 5 rings (SSSR count). The molecule has 1 aromatic carbocycles. The molecule has 1 saturated heterocycles. The highest BCUT2D eigenvalue weighted by Crippen LogP contribution is 2.48. The second-order valence-electron chi connectivity index (χ2n) is 9.60. The van der Waals surface area contributed by atoms with E-state index in [1.165, 1.54) is 4.68 Å². The number of nitrogens with zero attached hydrogens (tertiary/aromatic N) is 5. The minimum absolute atomic E-state index is 0.0235. The van der Waals surface area contributed by atoms with Crippen molar-refractivity contribution in [1.82, 2.24) is 25.0 Å². The number of alkyl halides is 3. The number of fused-ring (bicyclic) bond motifs is 2. The number of H-pyrrole nitrogens is 1. The van der Waals surface area contributed by atoms with Gasteiger partial charge in [0.25, 0.3) is 0 Å². The first-order valence-electron chi connectivity index (χ1n) is 11.6. The van der Waals surface area contributed by atoms with Crippen molar-refractivity contribution < 1.29 is 22.3 Å². The Morgan fingerprint density at radius 3 is 2.66 bits per heavy atom. The van der Waals surface area contributed by atoms with Crippen LogP contribution in [0.4, 0.5) is 23.5 Å². The van der Waals surface area contributed by atoms with Gasteiger partial charge in [-0.1, -0.05) is 6.07 Å². The topological polar surface area (TPSA) is 97.9 Å². The number of nitrogens with two attached hydrogens (primary N) is 1. The number of benzene rings is 1. The number of nitrogens with one attached hydrogen (secondary N) is 1. The van der Waals surface area contributed by atoms with Crippen molar-refractivity contribution in [2.75, 3.05) is 11.4 Å². The maximum Gasteiger partial charge on any atom is 0.419 e. The Balaban J connectivity index is 1.53. The molecule has 2 aromatic heterocycles. The third-order valence-electron chi connectivity index (χ3n) is 6.92. The van der Waals surface area contributed by atoms with Crippen molar-refractivity contribution in [2.45, 2.75) is 57.9 Å². The molecular weight excluding hydrogens is 466 g/mol. The van der Waals surface area contributed by atoms with Gasteiger partial charge in [-0.05, 0) is 57.7 Å². The van der Waals surface area contributed by atoms with Crippen LogP contribution in [0.25, 0.3) is 0 Å². The highest BCUT2D eigenvalue weighted by atomic mass is 19.4. The number of hydrogen-bond donors (Lipinski definition) is 2. The summed E-state index contributed by atoms with van der Waals surface area (Å²) in [5, 5.41) is 12.1. The van der Waals surface area contributed by atoms with E-state index in [1.807, 2.05) is 31.7 Å². The Labute approximate surface area is 199 Å². The average molecular weight is 494 g/mol. The molecule has 12 heteroatoms.